The number of rotatable bonds is 7. The van der Waals surface area contributed by atoms with Gasteiger partial charge in [-0.15, -0.1) is 0 Å². The Bertz CT molecular complexity index is 1130. The molecule has 0 N–H and O–H groups in total. The van der Waals surface area contributed by atoms with Crippen LogP contribution >= 0.6 is 0 Å². The fourth-order valence-electron chi connectivity index (χ4n) is 5.51. The summed E-state index contributed by atoms with van der Waals surface area (Å²) in [6.07, 6.45) is 5.10. The summed E-state index contributed by atoms with van der Waals surface area (Å²) in [6.45, 7) is 9.42. The molecule has 184 valence electrons. The molecule has 0 saturated carbocycles. The van der Waals surface area contributed by atoms with Crippen LogP contribution in [0.2, 0.25) is 0 Å². The Morgan fingerprint density at radius 2 is 1.63 bits per heavy atom. The van der Waals surface area contributed by atoms with Gasteiger partial charge in [-0.05, 0) is 68.1 Å². The summed E-state index contributed by atoms with van der Waals surface area (Å²) in [6, 6.07) is 17.3. The maximum atomic E-state index is 13.5. The molecule has 0 aliphatic carbocycles. The van der Waals surface area contributed by atoms with Crippen LogP contribution < -0.4 is 4.90 Å². The first kappa shape index (κ1) is 23.6. The Morgan fingerprint density at radius 3 is 2.37 bits per heavy atom. The van der Waals surface area contributed by atoms with E-state index in [1.165, 1.54) is 23.4 Å². The fraction of sp³-hybridized carbons (Fsp3) is 0.414. The molecule has 3 aromatic rings. The van der Waals surface area contributed by atoms with Crippen molar-refractivity contribution >= 4 is 11.6 Å². The number of halogens is 1. The lowest BCUT2D eigenvalue weighted by atomic mass is 10.1. The van der Waals surface area contributed by atoms with Crippen LogP contribution in [0.5, 0.6) is 0 Å². The van der Waals surface area contributed by atoms with Crippen LogP contribution in [0.3, 0.4) is 0 Å². The molecule has 0 unspecified atom stereocenters. The number of hydrogen-bond donors (Lipinski definition) is 0. The molecular weight excluding hydrogens is 439 g/mol. The number of fused-ring (bicyclic) bond motifs is 1. The molecule has 5 rings (SSSR count). The second-order valence-corrected chi connectivity index (χ2v) is 9.80. The van der Waals surface area contributed by atoms with Crippen molar-refractivity contribution in [2.24, 2.45) is 0 Å². The Labute approximate surface area is 207 Å². The van der Waals surface area contributed by atoms with Gasteiger partial charge in [-0.3, -0.25) is 9.69 Å². The highest BCUT2D eigenvalue weighted by molar-refractivity contribution is 5.97. The number of aryl methyl sites for hydroxylation is 1. The molecule has 5 nitrogen and oxygen atoms in total. The van der Waals surface area contributed by atoms with Gasteiger partial charge in [0.05, 0.1) is 5.56 Å². The van der Waals surface area contributed by atoms with Crippen LogP contribution in [0.15, 0.2) is 60.8 Å². The van der Waals surface area contributed by atoms with E-state index in [-0.39, 0.29) is 11.7 Å². The van der Waals surface area contributed by atoms with Crippen LogP contribution in [0.4, 0.5) is 10.1 Å². The number of hydrogen-bond acceptors (Lipinski definition) is 3. The molecule has 1 amide bonds. The van der Waals surface area contributed by atoms with Gasteiger partial charge in [-0.2, -0.15) is 0 Å². The second-order valence-electron chi connectivity index (χ2n) is 9.80. The molecule has 0 bridgehead atoms. The zero-order valence-electron chi connectivity index (χ0n) is 20.6. The molecule has 0 spiro atoms. The first-order valence-electron chi connectivity index (χ1n) is 12.8. The zero-order valence-corrected chi connectivity index (χ0v) is 20.6. The molecule has 3 heterocycles. The number of piperazine rings is 1. The maximum Gasteiger partial charge on any atom is 0.255 e. The van der Waals surface area contributed by atoms with E-state index in [1.54, 1.807) is 0 Å². The van der Waals surface area contributed by atoms with Crippen molar-refractivity contribution in [3.8, 4) is 0 Å². The van der Waals surface area contributed by atoms with E-state index < -0.39 is 0 Å². The minimum absolute atomic E-state index is 0.189. The topological polar surface area (TPSA) is 31.7 Å². The molecular formula is C29H35FN4O. The number of benzene rings is 2. The van der Waals surface area contributed by atoms with Gasteiger partial charge in [0.1, 0.15) is 5.82 Å². The van der Waals surface area contributed by atoms with Gasteiger partial charge in [0.25, 0.3) is 5.91 Å². The Kier molecular flexibility index (Phi) is 7.19. The van der Waals surface area contributed by atoms with Crippen LogP contribution in [-0.2, 0) is 13.0 Å². The van der Waals surface area contributed by atoms with E-state index in [9.17, 15) is 9.18 Å². The van der Waals surface area contributed by atoms with Gasteiger partial charge < -0.3 is 14.4 Å². The van der Waals surface area contributed by atoms with E-state index in [1.807, 2.05) is 18.2 Å². The monoisotopic (exact) mass is 474 g/mol. The second kappa shape index (κ2) is 10.6. The highest BCUT2D eigenvalue weighted by atomic mass is 19.1. The minimum Gasteiger partial charge on any atom is -0.369 e. The molecule has 0 radical (unpaired) electrons. The number of nitrogens with zero attached hydrogens (tertiary/aromatic N) is 4. The van der Waals surface area contributed by atoms with Gasteiger partial charge in [0, 0.05) is 63.4 Å². The molecule has 1 saturated heterocycles. The fourth-order valence-corrected chi connectivity index (χ4v) is 5.51. The number of aromatic nitrogens is 1. The standard InChI is InChI=1S/C29H35FN4O/c1-23-21-34(22-24-7-3-2-4-8-24)27-9-5-15-33(29(35)28(23)27)16-6-14-31-17-19-32(20-18-31)26-12-10-25(30)11-13-26/h2-4,7-8,10-13,21H,5-6,9,14-20,22H2,1H3. The summed E-state index contributed by atoms with van der Waals surface area (Å²) in [5.41, 5.74) is 5.55. The smallest absolute Gasteiger partial charge is 0.255 e. The van der Waals surface area contributed by atoms with Gasteiger partial charge in [-0.1, -0.05) is 30.3 Å². The third-order valence-corrected chi connectivity index (χ3v) is 7.38. The first-order chi connectivity index (χ1) is 17.1. The first-order valence-corrected chi connectivity index (χ1v) is 12.8. The van der Waals surface area contributed by atoms with Crippen molar-refractivity contribution in [2.45, 2.75) is 32.7 Å². The zero-order chi connectivity index (χ0) is 24.2. The highest BCUT2D eigenvalue weighted by Crippen LogP contribution is 2.25. The van der Waals surface area contributed by atoms with E-state index in [2.05, 4.69) is 56.7 Å². The average Bonchev–Trinajstić information content (AvgIpc) is 3.07. The number of carbonyl (C=O) groups is 1. The summed E-state index contributed by atoms with van der Waals surface area (Å²) < 4.78 is 15.5. The van der Waals surface area contributed by atoms with E-state index >= 15 is 0 Å². The quantitative estimate of drug-likeness (QED) is 0.502. The molecule has 35 heavy (non-hydrogen) atoms. The van der Waals surface area contributed by atoms with Crippen molar-refractivity contribution in [3.63, 3.8) is 0 Å². The van der Waals surface area contributed by atoms with Crippen LogP contribution in [-0.4, -0.2) is 66.1 Å². The molecule has 1 aromatic heterocycles. The predicted octanol–water partition coefficient (Wildman–Crippen LogP) is 4.58. The van der Waals surface area contributed by atoms with Crippen molar-refractivity contribution in [2.75, 3.05) is 50.7 Å². The van der Waals surface area contributed by atoms with Crippen molar-refractivity contribution in [1.82, 2.24) is 14.4 Å². The average molecular weight is 475 g/mol. The van der Waals surface area contributed by atoms with Gasteiger partial charge in [0.2, 0.25) is 0 Å². The van der Waals surface area contributed by atoms with E-state index in [4.69, 9.17) is 0 Å². The van der Waals surface area contributed by atoms with Crippen molar-refractivity contribution < 1.29 is 9.18 Å². The highest BCUT2D eigenvalue weighted by Gasteiger charge is 2.27. The SMILES string of the molecule is Cc1cn(Cc2ccccc2)c2c1C(=O)N(CCCN1CCN(c3ccc(F)cc3)CC1)CCC2. The third-order valence-electron chi connectivity index (χ3n) is 7.38. The Balaban J connectivity index is 1.15. The minimum atomic E-state index is -0.189. The lowest BCUT2D eigenvalue weighted by Crippen LogP contribution is -2.47. The summed E-state index contributed by atoms with van der Waals surface area (Å²) >= 11 is 0. The Hall–Kier alpha value is -3.12. The van der Waals surface area contributed by atoms with Crippen LogP contribution in [0.25, 0.3) is 0 Å². The molecule has 2 aliphatic heterocycles. The normalized spacial score (nSPS) is 16.9. The van der Waals surface area contributed by atoms with Gasteiger partial charge >= 0.3 is 0 Å². The lowest BCUT2D eigenvalue weighted by molar-refractivity contribution is 0.0752. The van der Waals surface area contributed by atoms with Crippen LogP contribution in [0.1, 0.15) is 40.0 Å². The van der Waals surface area contributed by atoms with E-state index in [0.717, 1.165) is 88.4 Å². The Morgan fingerprint density at radius 1 is 0.886 bits per heavy atom. The number of anilines is 1. The summed E-state index contributed by atoms with van der Waals surface area (Å²) in [5.74, 6) is 0.00783. The predicted molar refractivity (Wildman–Crippen MR) is 139 cm³/mol. The molecule has 0 atom stereocenters. The molecule has 2 aliphatic rings. The maximum absolute atomic E-state index is 13.5. The van der Waals surface area contributed by atoms with Crippen LogP contribution in [0, 0.1) is 12.7 Å². The summed E-state index contributed by atoms with van der Waals surface area (Å²) in [5, 5.41) is 0. The van der Waals surface area contributed by atoms with E-state index in [0.29, 0.717) is 0 Å². The molecule has 1 fully saturated rings. The third kappa shape index (κ3) is 5.43. The van der Waals surface area contributed by atoms with Gasteiger partial charge in [-0.25, -0.2) is 4.39 Å². The molecule has 2 aromatic carbocycles. The molecule has 6 heteroatoms. The van der Waals surface area contributed by atoms with Crippen molar-refractivity contribution in [3.05, 3.63) is 89.0 Å². The van der Waals surface area contributed by atoms with Gasteiger partial charge in [0.15, 0.2) is 0 Å². The lowest BCUT2D eigenvalue weighted by Gasteiger charge is -2.36. The number of carbonyl (C=O) groups excluding carboxylic acids is 1. The summed E-state index contributed by atoms with van der Waals surface area (Å²) in [7, 11) is 0. The number of amides is 1. The largest absolute Gasteiger partial charge is 0.369 e. The van der Waals surface area contributed by atoms with Crippen molar-refractivity contribution in [1.29, 1.82) is 0 Å². The summed E-state index contributed by atoms with van der Waals surface area (Å²) in [4.78, 5) is 20.4.